The Hall–Kier alpha value is -2.88. The second kappa shape index (κ2) is 5.25. The van der Waals surface area contributed by atoms with Gasteiger partial charge in [-0.25, -0.2) is 0 Å². The molecule has 0 unspecified atom stereocenters. The minimum absolute atomic E-state index is 0.0507. The van der Waals surface area contributed by atoms with E-state index in [1.807, 2.05) is 55.5 Å². The van der Waals surface area contributed by atoms with Crippen molar-refractivity contribution in [2.75, 3.05) is 0 Å². The second-order valence-electron chi connectivity index (χ2n) is 4.81. The molecule has 1 aromatic heterocycles. The second-order valence-corrected chi connectivity index (χ2v) is 4.81. The summed E-state index contributed by atoms with van der Waals surface area (Å²) in [6, 6.07) is 15.2. The molecule has 0 atom stereocenters. The van der Waals surface area contributed by atoms with Crippen LogP contribution in [0.1, 0.15) is 11.3 Å². The van der Waals surface area contributed by atoms with Gasteiger partial charge in [0.05, 0.1) is 6.20 Å². The van der Waals surface area contributed by atoms with E-state index in [4.69, 9.17) is 15.9 Å². The molecule has 1 heterocycles. The molecule has 4 nitrogen and oxygen atoms in total. The van der Waals surface area contributed by atoms with Crippen molar-refractivity contribution in [3.05, 3.63) is 66.0 Å². The Morgan fingerprint density at radius 2 is 1.81 bits per heavy atom. The average Bonchev–Trinajstić information content (AvgIpc) is 2.49. The lowest BCUT2D eigenvalue weighted by Crippen LogP contribution is -2.11. The third-order valence-electron chi connectivity index (χ3n) is 3.29. The van der Waals surface area contributed by atoms with E-state index in [2.05, 4.69) is 4.98 Å². The number of amidine groups is 1. The fourth-order valence-corrected chi connectivity index (χ4v) is 2.24. The van der Waals surface area contributed by atoms with Crippen LogP contribution < -0.4 is 10.5 Å². The van der Waals surface area contributed by atoms with Crippen molar-refractivity contribution in [2.24, 2.45) is 5.73 Å². The number of nitrogen functional groups attached to an aromatic ring is 1. The number of fused-ring (bicyclic) bond motifs is 1. The number of rotatable bonds is 3. The zero-order valence-corrected chi connectivity index (χ0v) is 11.6. The number of pyridine rings is 1. The van der Waals surface area contributed by atoms with Crippen LogP contribution in [0.25, 0.3) is 10.8 Å². The Bertz CT molecular complexity index is 810. The zero-order valence-electron chi connectivity index (χ0n) is 11.6. The molecule has 21 heavy (non-hydrogen) atoms. The van der Waals surface area contributed by atoms with Gasteiger partial charge in [0.15, 0.2) is 0 Å². The molecule has 0 saturated carbocycles. The average molecular weight is 277 g/mol. The first kappa shape index (κ1) is 13.1. The van der Waals surface area contributed by atoms with E-state index in [0.29, 0.717) is 11.3 Å². The summed E-state index contributed by atoms with van der Waals surface area (Å²) in [5.41, 5.74) is 7.28. The summed E-state index contributed by atoms with van der Waals surface area (Å²) in [6.45, 7) is 1.93. The van der Waals surface area contributed by atoms with Crippen LogP contribution in [0.4, 0.5) is 0 Å². The van der Waals surface area contributed by atoms with Crippen molar-refractivity contribution < 1.29 is 4.74 Å². The standard InChI is InChI=1S/C17H15N3O/c1-11-6-7-12(10-20-11)21-16-9-8-15(17(18)19)13-4-2-3-5-14(13)16/h2-10H,1H3,(H3,18,19). The minimum atomic E-state index is 0.0507. The first-order chi connectivity index (χ1) is 10.1. The summed E-state index contributed by atoms with van der Waals surface area (Å²) in [5.74, 6) is 1.46. The third-order valence-corrected chi connectivity index (χ3v) is 3.29. The first-order valence-corrected chi connectivity index (χ1v) is 6.62. The Kier molecular flexibility index (Phi) is 3.28. The quantitative estimate of drug-likeness (QED) is 0.567. The first-order valence-electron chi connectivity index (χ1n) is 6.62. The van der Waals surface area contributed by atoms with Gasteiger partial charge >= 0.3 is 0 Å². The molecule has 3 N–H and O–H groups in total. The van der Waals surface area contributed by atoms with Gasteiger partial charge in [0.25, 0.3) is 0 Å². The largest absolute Gasteiger partial charge is 0.455 e. The lowest BCUT2D eigenvalue weighted by molar-refractivity contribution is 0.485. The predicted molar refractivity (Wildman–Crippen MR) is 84.0 cm³/mol. The maximum atomic E-state index is 7.66. The molecule has 0 spiro atoms. The minimum Gasteiger partial charge on any atom is -0.455 e. The summed E-state index contributed by atoms with van der Waals surface area (Å²) in [4.78, 5) is 4.22. The number of hydrogen-bond acceptors (Lipinski definition) is 3. The number of hydrogen-bond donors (Lipinski definition) is 2. The van der Waals surface area contributed by atoms with Crippen LogP contribution in [0.5, 0.6) is 11.5 Å². The highest BCUT2D eigenvalue weighted by molar-refractivity contribution is 6.09. The van der Waals surface area contributed by atoms with Gasteiger partial charge in [-0.2, -0.15) is 0 Å². The Balaban J connectivity index is 2.09. The lowest BCUT2D eigenvalue weighted by atomic mass is 10.0. The highest BCUT2D eigenvalue weighted by Crippen LogP contribution is 2.31. The molecule has 3 aromatic rings. The van der Waals surface area contributed by atoms with Crippen LogP contribution in [0.2, 0.25) is 0 Å². The highest BCUT2D eigenvalue weighted by Gasteiger charge is 2.09. The van der Waals surface area contributed by atoms with Crippen molar-refractivity contribution in [1.29, 1.82) is 5.41 Å². The maximum absolute atomic E-state index is 7.66. The fourth-order valence-electron chi connectivity index (χ4n) is 2.24. The monoisotopic (exact) mass is 277 g/mol. The van der Waals surface area contributed by atoms with E-state index in [1.54, 1.807) is 6.20 Å². The maximum Gasteiger partial charge on any atom is 0.145 e. The molecule has 0 amide bonds. The lowest BCUT2D eigenvalue weighted by Gasteiger charge is -2.11. The number of nitrogens with one attached hydrogen (secondary N) is 1. The van der Waals surface area contributed by atoms with E-state index in [9.17, 15) is 0 Å². The predicted octanol–water partition coefficient (Wildman–Crippen LogP) is 3.62. The van der Waals surface area contributed by atoms with Gasteiger partial charge in [0.1, 0.15) is 17.3 Å². The van der Waals surface area contributed by atoms with Crippen molar-refractivity contribution in [1.82, 2.24) is 4.98 Å². The molecule has 3 rings (SSSR count). The summed E-state index contributed by atoms with van der Waals surface area (Å²) in [6.07, 6.45) is 1.70. The molecule has 0 radical (unpaired) electrons. The number of aromatic nitrogens is 1. The van der Waals surface area contributed by atoms with E-state index < -0.39 is 0 Å². The van der Waals surface area contributed by atoms with Gasteiger partial charge < -0.3 is 10.5 Å². The van der Waals surface area contributed by atoms with Gasteiger partial charge in [0.2, 0.25) is 0 Å². The SMILES string of the molecule is Cc1ccc(Oc2ccc(C(=N)N)c3ccccc23)cn1. The van der Waals surface area contributed by atoms with E-state index in [-0.39, 0.29) is 5.84 Å². The normalized spacial score (nSPS) is 10.5. The molecule has 0 saturated heterocycles. The van der Waals surface area contributed by atoms with Gasteiger partial charge in [-0.15, -0.1) is 0 Å². The third kappa shape index (κ3) is 2.56. The molecule has 0 aliphatic heterocycles. The number of ether oxygens (including phenoxy) is 1. The van der Waals surface area contributed by atoms with Crippen LogP contribution in [-0.4, -0.2) is 10.8 Å². The van der Waals surface area contributed by atoms with Gasteiger partial charge in [-0.05, 0) is 36.6 Å². The van der Waals surface area contributed by atoms with Crippen LogP contribution >= 0.6 is 0 Å². The van der Waals surface area contributed by atoms with Crippen molar-refractivity contribution in [2.45, 2.75) is 6.92 Å². The highest BCUT2D eigenvalue weighted by atomic mass is 16.5. The zero-order chi connectivity index (χ0) is 14.8. The number of benzene rings is 2. The molecular weight excluding hydrogens is 262 g/mol. The molecular formula is C17H15N3O. The van der Waals surface area contributed by atoms with Crippen molar-refractivity contribution >= 4 is 16.6 Å². The molecule has 0 aliphatic rings. The summed E-state index contributed by atoms with van der Waals surface area (Å²) >= 11 is 0. The smallest absolute Gasteiger partial charge is 0.145 e. The molecule has 104 valence electrons. The summed E-state index contributed by atoms with van der Waals surface area (Å²) in [5, 5.41) is 9.49. The molecule has 0 bridgehead atoms. The van der Waals surface area contributed by atoms with E-state index in [1.165, 1.54) is 0 Å². The van der Waals surface area contributed by atoms with Gasteiger partial charge in [0, 0.05) is 16.6 Å². The Morgan fingerprint density at radius 1 is 1.05 bits per heavy atom. The topological polar surface area (TPSA) is 72.0 Å². The van der Waals surface area contributed by atoms with E-state index in [0.717, 1.165) is 22.2 Å². The van der Waals surface area contributed by atoms with Crippen molar-refractivity contribution in [3.8, 4) is 11.5 Å². The molecule has 2 aromatic carbocycles. The van der Waals surface area contributed by atoms with Crippen LogP contribution in [-0.2, 0) is 0 Å². The number of nitrogens with two attached hydrogens (primary N) is 1. The van der Waals surface area contributed by atoms with Crippen molar-refractivity contribution in [3.63, 3.8) is 0 Å². The molecule has 4 heteroatoms. The number of nitrogens with zero attached hydrogens (tertiary/aromatic N) is 1. The molecule has 0 fully saturated rings. The Morgan fingerprint density at radius 3 is 2.48 bits per heavy atom. The fraction of sp³-hybridized carbons (Fsp3) is 0.0588. The van der Waals surface area contributed by atoms with Crippen LogP contribution in [0, 0.1) is 12.3 Å². The van der Waals surface area contributed by atoms with Gasteiger partial charge in [-0.1, -0.05) is 24.3 Å². The van der Waals surface area contributed by atoms with E-state index >= 15 is 0 Å². The van der Waals surface area contributed by atoms with Crippen LogP contribution in [0.3, 0.4) is 0 Å². The molecule has 0 aliphatic carbocycles. The Labute approximate surface area is 122 Å². The van der Waals surface area contributed by atoms with Gasteiger partial charge in [-0.3, -0.25) is 10.4 Å². The summed E-state index contributed by atoms with van der Waals surface area (Å²) < 4.78 is 5.91. The number of aryl methyl sites for hydroxylation is 1. The van der Waals surface area contributed by atoms with Crippen LogP contribution in [0.15, 0.2) is 54.7 Å². The summed E-state index contributed by atoms with van der Waals surface area (Å²) in [7, 11) is 0.